The fourth-order valence-electron chi connectivity index (χ4n) is 4.12. The number of aryl methyl sites for hydroxylation is 1. The normalized spacial score (nSPS) is 15.0. The van der Waals surface area contributed by atoms with Crippen molar-refractivity contribution in [1.82, 2.24) is 4.90 Å². The fourth-order valence-corrected chi connectivity index (χ4v) is 4.12. The minimum absolute atomic E-state index is 0.248. The third kappa shape index (κ3) is 6.40. The maximum atomic E-state index is 13.5. The molecule has 0 amide bonds. The van der Waals surface area contributed by atoms with E-state index >= 15 is 0 Å². The number of carbonyl (C=O) groups excluding carboxylic acids is 1. The molecule has 0 aromatic heterocycles. The van der Waals surface area contributed by atoms with Crippen LogP contribution in [-0.2, 0) is 6.54 Å². The summed E-state index contributed by atoms with van der Waals surface area (Å²) < 4.78 is 26.6. The van der Waals surface area contributed by atoms with Crippen LogP contribution in [0.5, 0.6) is 0 Å². The van der Waals surface area contributed by atoms with Crippen LogP contribution in [0.15, 0.2) is 36.9 Å². The van der Waals surface area contributed by atoms with E-state index in [2.05, 4.69) is 11.9 Å². The number of aldehydes is 1. The Balaban J connectivity index is 0.000000266. The van der Waals surface area contributed by atoms with Gasteiger partial charge >= 0.3 is 0 Å². The Morgan fingerprint density at radius 3 is 2.39 bits per heavy atom. The Labute approximate surface area is 195 Å². The summed E-state index contributed by atoms with van der Waals surface area (Å²) in [5.74, 6) is -0.499. The summed E-state index contributed by atoms with van der Waals surface area (Å²) in [5.41, 5.74) is 8.80. The lowest BCUT2D eigenvalue weighted by molar-refractivity contribution is -0.0181. The monoisotopic (exact) mass is 456 g/mol. The molecule has 1 spiro atoms. The van der Waals surface area contributed by atoms with E-state index in [0.29, 0.717) is 39.6 Å². The summed E-state index contributed by atoms with van der Waals surface area (Å²) in [4.78, 5) is 13.1. The third-order valence-electron chi connectivity index (χ3n) is 6.07. The minimum Gasteiger partial charge on any atom is -0.380 e. The van der Waals surface area contributed by atoms with Crippen LogP contribution >= 0.6 is 0 Å². The molecular weight excluding hydrogens is 422 g/mol. The van der Waals surface area contributed by atoms with Gasteiger partial charge in [0.05, 0.1) is 0 Å². The lowest BCUT2D eigenvalue weighted by atomic mass is 9.64. The predicted octanol–water partition coefficient (Wildman–Crippen LogP) is 5.73. The molecule has 2 aliphatic rings. The lowest BCUT2D eigenvalue weighted by Gasteiger charge is -2.56. The highest BCUT2D eigenvalue weighted by molar-refractivity contribution is 5.80. The van der Waals surface area contributed by atoms with Gasteiger partial charge in [-0.3, -0.25) is 10.2 Å². The summed E-state index contributed by atoms with van der Waals surface area (Å²) in [7, 11) is 0. The van der Waals surface area contributed by atoms with E-state index in [1.165, 1.54) is 49.6 Å². The molecule has 0 radical (unpaired) electrons. The van der Waals surface area contributed by atoms with Crippen LogP contribution < -0.4 is 11.1 Å². The molecule has 5 nitrogen and oxygen atoms in total. The fraction of sp³-hybridized carbons (Fsp3) is 0.385. The van der Waals surface area contributed by atoms with Crippen molar-refractivity contribution in [2.45, 2.75) is 46.6 Å². The molecule has 0 unspecified atom stereocenters. The summed E-state index contributed by atoms with van der Waals surface area (Å²) in [6.45, 7) is 11.7. The zero-order valence-electron chi connectivity index (χ0n) is 19.7. The van der Waals surface area contributed by atoms with E-state index in [1.807, 2.05) is 18.7 Å². The smallest absolute Gasteiger partial charge is 0.188 e. The van der Waals surface area contributed by atoms with Gasteiger partial charge in [-0.2, -0.15) is 0 Å². The number of halogens is 2. The van der Waals surface area contributed by atoms with E-state index < -0.39 is 5.82 Å². The van der Waals surface area contributed by atoms with Gasteiger partial charge in [0.2, 0.25) is 0 Å². The molecule has 2 fully saturated rings. The van der Waals surface area contributed by atoms with Gasteiger partial charge in [0.25, 0.3) is 0 Å². The number of anilines is 1. The van der Waals surface area contributed by atoms with Crippen LogP contribution in [-0.4, -0.2) is 30.2 Å². The van der Waals surface area contributed by atoms with Crippen molar-refractivity contribution in [2.24, 2.45) is 11.1 Å². The SMILES string of the molecule is C=Cc1cc(F)ccc1NCc1cc(F)cc(C)c1C=O.CC.N=C(N)N1CC2(CCC2)C1. The Morgan fingerprint density at radius 1 is 1.21 bits per heavy atom. The van der Waals surface area contributed by atoms with Gasteiger partial charge in [-0.05, 0) is 66.8 Å². The molecule has 178 valence electrons. The molecule has 0 bridgehead atoms. The number of nitrogens with one attached hydrogen (secondary N) is 2. The Kier molecular flexibility index (Phi) is 9.14. The van der Waals surface area contributed by atoms with Gasteiger partial charge in [0.15, 0.2) is 12.2 Å². The van der Waals surface area contributed by atoms with Crippen molar-refractivity contribution in [3.05, 3.63) is 70.8 Å². The van der Waals surface area contributed by atoms with E-state index in [9.17, 15) is 13.6 Å². The molecule has 2 aromatic carbocycles. The number of hydrogen-bond donors (Lipinski definition) is 3. The average molecular weight is 457 g/mol. The van der Waals surface area contributed by atoms with Crippen LogP contribution in [0.2, 0.25) is 0 Å². The minimum atomic E-state index is -0.391. The maximum Gasteiger partial charge on any atom is 0.188 e. The first-order chi connectivity index (χ1) is 15.8. The highest BCUT2D eigenvalue weighted by Crippen LogP contribution is 2.47. The van der Waals surface area contributed by atoms with Crippen LogP contribution in [0, 0.1) is 29.4 Å². The van der Waals surface area contributed by atoms with Crippen molar-refractivity contribution in [1.29, 1.82) is 5.41 Å². The van der Waals surface area contributed by atoms with E-state index in [-0.39, 0.29) is 18.3 Å². The van der Waals surface area contributed by atoms with E-state index in [0.717, 1.165) is 13.1 Å². The number of nitrogens with two attached hydrogens (primary N) is 1. The quantitative estimate of drug-likeness (QED) is 0.305. The second kappa shape index (κ2) is 11.6. The van der Waals surface area contributed by atoms with Gasteiger partial charge in [-0.25, -0.2) is 8.78 Å². The average Bonchev–Trinajstić information content (AvgIpc) is 2.72. The van der Waals surface area contributed by atoms with Crippen LogP contribution in [0.3, 0.4) is 0 Å². The number of benzene rings is 2. The summed E-state index contributed by atoms with van der Waals surface area (Å²) in [5, 5.41) is 10.2. The molecular formula is C26H34F2N4O. The first-order valence-electron chi connectivity index (χ1n) is 11.3. The molecule has 1 heterocycles. The van der Waals surface area contributed by atoms with Gasteiger partial charge in [-0.15, -0.1) is 0 Å². The largest absolute Gasteiger partial charge is 0.380 e. The molecule has 1 aliphatic heterocycles. The van der Waals surface area contributed by atoms with Crippen molar-refractivity contribution >= 4 is 24.0 Å². The molecule has 4 N–H and O–H groups in total. The topological polar surface area (TPSA) is 82.2 Å². The predicted molar refractivity (Wildman–Crippen MR) is 131 cm³/mol. The summed E-state index contributed by atoms with van der Waals surface area (Å²) >= 11 is 0. The van der Waals surface area contributed by atoms with Gasteiger partial charge in [-0.1, -0.05) is 32.9 Å². The third-order valence-corrected chi connectivity index (χ3v) is 6.07. The van der Waals surface area contributed by atoms with Crippen molar-refractivity contribution in [3.8, 4) is 0 Å². The lowest BCUT2D eigenvalue weighted by Crippen LogP contribution is -2.62. The molecule has 2 aromatic rings. The van der Waals surface area contributed by atoms with Crippen molar-refractivity contribution in [3.63, 3.8) is 0 Å². The zero-order valence-corrected chi connectivity index (χ0v) is 19.7. The highest BCUT2D eigenvalue weighted by Gasteiger charge is 2.47. The Morgan fingerprint density at radius 2 is 1.88 bits per heavy atom. The van der Waals surface area contributed by atoms with E-state index in [4.69, 9.17) is 11.1 Å². The molecule has 4 rings (SSSR count). The molecule has 0 atom stereocenters. The molecule has 7 heteroatoms. The second-order valence-corrected chi connectivity index (χ2v) is 8.30. The molecule has 1 aliphatic carbocycles. The highest BCUT2D eigenvalue weighted by atomic mass is 19.1. The second-order valence-electron chi connectivity index (χ2n) is 8.30. The molecule has 1 saturated carbocycles. The van der Waals surface area contributed by atoms with Gasteiger partial charge < -0.3 is 16.0 Å². The number of carbonyl (C=O) groups is 1. The number of likely N-dealkylation sites (tertiary alicyclic amines) is 1. The number of hydrogen-bond acceptors (Lipinski definition) is 3. The summed E-state index contributed by atoms with van der Waals surface area (Å²) in [6.07, 6.45) is 6.34. The molecule has 1 saturated heterocycles. The number of rotatable bonds is 5. The van der Waals surface area contributed by atoms with Crippen LogP contribution in [0.25, 0.3) is 6.08 Å². The van der Waals surface area contributed by atoms with Crippen molar-refractivity contribution < 1.29 is 13.6 Å². The van der Waals surface area contributed by atoms with Crippen LogP contribution in [0.1, 0.15) is 60.2 Å². The zero-order chi connectivity index (χ0) is 24.6. The molecule has 33 heavy (non-hydrogen) atoms. The van der Waals surface area contributed by atoms with E-state index in [1.54, 1.807) is 13.0 Å². The van der Waals surface area contributed by atoms with Gasteiger partial charge in [0.1, 0.15) is 11.6 Å². The standard InChI is InChI=1S/C17H15F2NO.C7H13N3.C2H6/c1-3-12-7-14(18)4-5-17(12)20-9-13-8-15(19)6-11(2)16(13)10-21;8-6(9)10-4-7(5-10)2-1-3-7;1-2/h3-8,10,20H,1,9H2,2H3;1-5H2,(H3,8,9);1-2H3. The van der Waals surface area contributed by atoms with Crippen LogP contribution in [0.4, 0.5) is 14.5 Å². The summed E-state index contributed by atoms with van der Waals surface area (Å²) in [6, 6.07) is 6.90. The first kappa shape index (κ1) is 26.0. The van der Waals surface area contributed by atoms with Gasteiger partial charge in [0, 0.05) is 36.3 Å². The number of nitrogens with zero attached hydrogens (tertiary/aromatic N) is 1. The Bertz CT molecular complexity index is 994. The van der Waals surface area contributed by atoms with Crippen molar-refractivity contribution in [2.75, 3.05) is 18.4 Å². The maximum absolute atomic E-state index is 13.5. The first-order valence-corrected chi connectivity index (χ1v) is 11.3. The number of guanidine groups is 1. The Hall–Kier alpha value is -3.22.